The van der Waals surface area contributed by atoms with E-state index in [4.69, 9.17) is 4.74 Å². The van der Waals surface area contributed by atoms with Crippen LogP contribution in [0.4, 0.5) is 13.2 Å². The Morgan fingerprint density at radius 2 is 1.81 bits per heavy atom. The van der Waals surface area contributed by atoms with Gasteiger partial charge in [0.1, 0.15) is 5.78 Å². The molecule has 0 radical (unpaired) electrons. The molecule has 1 N–H and O–H groups in total. The molecule has 2 fully saturated rings. The minimum Gasteiger partial charge on any atom is -0.381 e. The van der Waals surface area contributed by atoms with Gasteiger partial charge in [-0.2, -0.15) is 18.3 Å². The minimum atomic E-state index is -4.79. The van der Waals surface area contributed by atoms with Crippen molar-refractivity contribution in [3.8, 4) is 5.69 Å². The number of piperidine rings is 1. The van der Waals surface area contributed by atoms with Crippen molar-refractivity contribution in [1.29, 1.82) is 0 Å². The average Bonchev–Trinajstić information content (AvgIpc) is 3.58. The zero-order valence-corrected chi connectivity index (χ0v) is 20.5. The van der Waals surface area contributed by atoms with Crippen LogP contribution in [-0.4, -0.2) is 65.1 Å². The second-order valence-electron chi connectivity index (χ2n) is 9.58. The Kier molecular flexibility index (Phi) is 8.63. The van der Waals surface area contributed by atoms with Crippen LogP contribution in [-0.2, 0) is 20.5 Å². The molecule has 200 valence electrons. The van der Waals surface area contributed by atoms with E-state index in [0.29, 0.717) is 44.8 Å². The molecule has 8 nitrogen and oxygen atoms in total. The minimum absolute atomic E-state index is 0.00904. The number of hydrogen-bond donors (Lipinski definition) is 1. The standard InChI is InChI=1S/C26H31F3N4O4/c27-26(28,29)24-21(16-33(31-24)20-5-2-1-3-6-20)25(36)30-11-4-7-23(35)32-12-8-18(9-13-32)15-22(34)19-10-14-37-17-19/h1-3,5-6,16,18-19H,4,7-15,17H2,(H,30,36). The molecule has 2 amide bonds. The van der Waals surface area contributed by atoms with Crippen LogP contribution in [0.3, 0.4) is 0 Å². The highest BCUT2D eigenvalue weighted by Crippen LogP contribution is 2.31. The van der Waals surface area contributed by atoms with E-state index in [1.54, 1.807) is 35.2 Å². The number of ketones is 1. The predicted molar refractivity (Wildman–Crippen MR) is 128 cm³/mol. The molecule has 1 unspecified atom stereocenters. The Morgan fingerprint density at radius 1 is 1.08 bits per heavy atom. The molecule has 2 aliphatic rings. The van der Waals surface area contributed by atoms with Crippen molar-refractivity contribution in [2.24, 2.45) is 11.8 Å². The number of likely N-dealkylation sites (tertiary alicyclic amines) is 1. The molecular formula is C26H31F3N4O4. The van der Waals surface area contributed by atoms with Crippen LogP contribution in [0.5, 0.6) is 0 Å². The number of aromatic nitrogens is 2. The van der Waals surface area contributed by atoms with E-state index in [1.807, 2.05) is 0 Å². The third-order valence-electron chi connectivity index (χ3n) is 6.94. The third kappa shape index (κ3) is 6.97. The summed E-state index contributed by atoms with van der Waals surface area (Å²) in [5, 5.41) is 6.06. The highest BCUT2D eigenvalue weighted by molar-refractivity contribution is 5.95. The van der Waals surface area contributed by atoms with E-state index < -0.39 is 23.3 Å². The van der Waals surface area contributed by atoms with Crippen molar-refractivity contribution in [2.45, 2.75) is 44.7 Å². The molecule has 0 spiro atoms. The van der Waals surface area contributed by atoms with Crippen LogP contribution in [0.15, 0.2) is 36.5 Å². The molecule has 1 atom stereocenters. The fourth-order valence-corrected chi connectivity index (χ4v) is 4.78. The number of ether oxygens (including phenoxy) is 1. The fraction of sp³-hybridized carbons (Fsp3) is 0.538. The number of Topliss-reactive ketones (excluding diaryl/α,β-unsaturated/α-hetero) is 1. The summed E-state index contributed by atoms with van der Waals surface area (Å²) in [6.45, 7) is 2.38. The summed E-state index contributed by atoms with van der Waals surface area (Å²) in [7, 11) is 0. The van der Waals surface area contributed by atoms with Crippen LogP contribution in [0.1, 0.15) is 54.6 Å². The van der Waals surface area contributed by atoms with Crippen LogP contribution in [0, 0.1) is 11.8 Å². The molecule has 3 heterocycles. The first-order valence-electron chi connectivity index (χ1n) is 12.6. The third-order valence-corrected chi connectivity index (χ3v) is 6.94. The van der Waals surface area contributed by atoms with Crippen molar-refractivity contribution in [1.82, 2.24) is 20.0 Å². The molecule has 0 bridgehead atoms. The van der Waals surface area contributed by atoms with Gasteiger partial charge in [0.05, 0.1) is 17.9 Å². The van der Waals surface area contributed by atoms with E-state index in [2.05, 4.69) is 10.4 Å². The zero-order chi connectivity index (χ0) is 26.4. The Balaban J connectivity index is 1.22. The maximum atomic E-state index is 13.5. The van der Waals surface area contributed by atoms with Gasteiger partial charge in [0.25, 0.3) is 5.91 Å². The summed E-state index contributed by atoms with van der Waals surface area (Å²) in [6, 6.07) is 8.23. The van der Waals surface area contributed by atoms with Crippen molar-refractivity contribution in [2.75, 3.05) is 32.8 Å². The molecule has 4 rings (SSSR count). The first-order valence-corrected chi connectivity index (χ1v) is 12.6. The number of hydrogen-bond acceptors (Lipinski definition) is 5. The lowest BCUT2D eigenvalue weighted by molar-refractivity contribution is -0.141. The number of alkyl halides is 3. The van der Waals surface area contributed by atoms with Crippen molar-refractivity contribution in [3.05, 3.63) is 47.8 Å². The summed E-state index contributed by atoms with van der Waals surface area (Å²) >= 11 is 0. The molecule has 0 saturated carbocycles. The first kappa shape index (κ1) is 26.8. The average molecular weight is 521 g/mol. The molecule has 2 saturated heterocycles. The Hall–Kier alpha value is -3.21. The highest BCUT2D eigenvalue weighted by Gasteiger charge is 2.39. The maximum absolute atomic E-state index is 13.5. The maximum Gasteiger partial charge on any atom is 0.435 e. The van der Waals surface area contributed by atoms with Crippen LogP contribution in [0.2, 0.25) is 0 Å². The predicted octanol–water partition coefficient (Wildman–Crippen LogP) is 3.64. The molecule has 2 aliphatic heterocycles. The monoisotopic (exact) mass is 520 g/mol. The molecule has 37 heavy (non-hydrogen) atoms. The van der Waals surface area contributed by atoms with Crippen molar-refractivity contribution in [3.63, 3.8) is 0 Å². The number of carbonyl (C=O) groups is 3. The molecule has 11 heteroatoms. The number of nitrogens with one attached hydrogen (secondary N) is 1. The van der Waals surface area contributed by atoms with E-state index in [-0.39, 0.29) is 36.5 Å². The van der Waals surface area contributed by atoms with Gasteiger partial charge in [0.15, 0.2) is 5.69 Å². The molecule has 0 aliphatic carbocycles. The molecule has 2 aromatic rings. The summed E-state index contributed by atoms with van der Waals surface area (Å²) < 4.78 is 46.8. The van der Waals surface area contributed by atoms with Gasteiger partial charge >= 0.3 is 6.18 Å². The fourth-order valence-electron chi connectivity index (χ4n) is 4.78. The summed E-state index contributed by atoms with van der Waals surface area (Å²) in [6.07, 6.45) is -0.377. The van der Waals surface area contributed by atoms with E-state index in [1.165, 1.54) is 0 Å². The number of carbonyl (C=O) groups excluding carboxylic acids is 3. The second-order valence-corrected chi connectivity index (χ2v) is 9.58. The van der Waals surface area contributed by atoms with Gasteiger partial charge in [0, 0.05) is 51.2 Å². The first-order chi connectivity index (χ1) is 17.7. The molecule has 1 aromatic carbocycles. The smallest absolute Gasteiger partial charge is 0.381 e. The van der Waals surface area contributed by atoms with Gasteiger partial charge in [-0.1, -0.05) is 18.2 Å². The number of halogens is 3. The van der Waals surface area contributed by atoms with Gasteiger partial charge in [-0.15, -0.1) is 0 Å². The van der Waals surface area contributed by atoms with E-state index >= 15 is 0 Å². The van der Waals surface area contributed by atoms with Gasteiger partial charge in [-0.3, -0.25) is 14.4 Å². The highest BCUT2D eigenvalue weighted by atomic mass is 19.4. The van der Waals surface area contributed by atoms with Gasteiger partial charge < -0.3 is 15.0 Å². The summed E-state index contributed by atoms with van der Waals surface area (Å²) in [5.41, 5.74) is -1.42. The lowest BCUT2D eigenvalue weighted by atomic mass is 9.87. The molecule has 1 aromatic heterocycles. The summed E-state index contributed by atoms with van der Waals surface area (Å²) in [5.74, 6) is -0.414. The SMILES string of the molecule is O=C(NCCCC(=O)N1CCC(CC(=O)C2CCOC2)CC1)c1cn(-c2ccccc2)nc1C(F)(F)F. The second kappa shape index (κ2) is 11.9. The lowest BCUT2D eigenvalue weighted by Gasteiger charge is -2.32. The van der Waals surface area contributed by atoms with E-state index in [0.717, 1.165) is 30.1 Å². The Bertz CT molecular complexity index is 1090. The number of nitrogens with zero attached hydrogens (tertiary/aromatic N) is 3. The van der Waals surface area contributed by atoms with Crippen molar-refractivity contribution >= 4 is 17.6 Å². The number of rotatable bonds is 9. The van der Waals surface area contributed by atoms with E-state index in [9.17, 15) is 27.6 Å². The van der Waals surface area contributed by atoms with Crippen molar-refractivity contribution < 1.29 is 32.3 Å². The number of benzene rings is 1. The quantitative estimate of drug-likeness (QED) is 0.510. The van der Waals surface area contributed by atoms with Crippen LogP contribution in [0.25, 0.3) is 5.69 Å². The number of amides is 2. The zero-order valence-electron chi connectivity index (χ0n) is 20.5. The van der Waals surface area contributed by atoms with Gasteiger partial charge in [0.2, 0.25) is 5.91 Å². The number of para-hydroxylation sites is 1. The Morgan fingerprint density at radius 3 is 2.46 bits per heavy atom. The lowest BCUT2D eigenvalue weighted by Crippen LogP contribution is -2.39. The molecular weight excluding hydrogens is 489 g/mol. The Labute approximate surface area is 213 Å². The summed E-state index contributed by atoms with van der Waals surface area (Å²) in [4.78, 5) is 39.2. The van der Waals surface area contributed by atoms with Crippen LogP contribution < -0.4 is 5.32 Å². The normalized spacial score (nSPS) is 18.7. The largest absolute Gasteiger partial charge is 0.435 e. The topological polar surface area (TPSA) is 93.5 Å². The van der Waals surface area contributed by atoms with Crippen LogP contribution >= 0.6 is 0 Å². The van der Waals surface area contributed by atoms with Gasteiger partial charge in [-0.05, 0) is 43.7 Å². The van der Waals surface area contributed by atoms with Gasteiger partial charge in [-0.25, -0.2) is 4.68 Å².